The number of benzene rings is 2. The zero-order valence-electron chi connectivity index (χ0n) is 15.3. The monoisotopic (exact) mass is 388 g/mol. The summed E-state index contributed by atoms with van der Waals surface area (Å²) < 4.78 is 1.21. The lowest BCUT2D eigenvalue weighted by atomic mass is 9.98. The smallest absolute Gasteiger partial charge is 0.271 e. The van der Waals surface area contributed by atoms with E-state index in [-0.39, 0.29) is 5.91 Å². The van der Waals surface area contributed by atoms with Crippen LogP contribution in [0.5, 0.6) is 0 Å². The lowest BCUT2D eigenvalue weighted by molar-refractivity contribution is 0.0701. The topological polar surface area (TPSA) is 61.9 Å². The molecule has 28 heavy (non-hydrogen) atoms. The van der Waals surface area contributed by atoms with Crippen LogP contribution in [0.3, 0.4) is 0 Å². The maximum atomic E-state index is 13.0. The Labute approximate surface area is 167 Å². The van der Waals surface area contributed by atoms with Gasteiger partial charge in [0.25, 0.3) is 5.91 Å². The number of hydrogen-bond acceptors (Lipinski definition) is 4. The molecule has 1 fully saturated rings. The molecule has 4 aromatic rings. The van der Waals surface area contributed by atoms with Gasteiger partial charge in [0, 0.05) is 24.6 Å². The average Bonchev–Trinajstić information content (AvgIpc) is 3.41. The number of para-hydroxylation sites is 1. The molecule has 6 heteroatoms. The highest BCUT2D eigenvalue weighted by Gasteiger charge is 2.28. The van der Waals surface area contributed by atoms with Crippen LogP contribution in [-0.2, 0) is 0 Å². The van der Waals surface area contributed by atoms with Gasteiger partial charge in [-0.15, -0.1) is 11.3 Å². The van der Waals surface area contributed by atoms with Crippen LogP contribution in [0.25, 0.3) is 21.5 Å². The summed E-state index contributed by atoms with van der Waals surface area (Å²) in [6.45, 7) is 1.48. The Hall–Kier alpha value is -2.99. The molecule has 1 aliphatic heterocycles. The molecular weight excluding hydrogens is 368 g/mol. The number of carbonyl (C=O) groups is 1. The molecular formula is C22H20N4OS. The predicted molar refractivity (Wildman–Crippen MR) is 112 cm³/mol. The Morgan fingerprint density at radius 2 is 1.93 bits per heavy atom. The van der Waals surface area contributed by atoms with Gasteiger partial charge < -0.3 is 4.90 Å². The third-order valence-electron chi connectivity index (χ3n) is 5.25. The number of aromatic amines is 1. The number of carbonyl (C=O) groups excluding carboxylic acids is 1. The van der Waals surface area contributed by atoms with Gasteiger partial charge in [0.1, 0.15) is 5.69 Å². The number of hydrogen-bond donors (Lipinski definition) is 1. The van der Waals surface area contributed by atoms with Gasteiger partial charge in [0.2, 0.25) is 0 Å². The van der Waals surface area contributed by atoms with Crippen LogP contribution >= 0.6 is 11.3 Å². The Kier molecular flexibility index (Phi) is 4.41. The number of nitrogens with one attached hydrogen (secondary N) is 1. The van der Waals surface area contributed by atoms with Crippen molar-refractivity contribution in [3.63, 3.8) is 0 Å². The number of piperidine rings is 1. The number of amides is 1. The normalized spacial score (nSPS) is 17.1. The first kappa shape index (κ1) is 17.1. The summed E-state index contributed by atoms with van der Waals surface area (Å²) in [5.74, 6) is 0.312. The predicted octanol–water partition coefficient (Wildman–Crippen LogP) is 4.71. The number of likely N-dealkylation sites (tertiary alicyclic amines) is 1. The van der Waals surface area contributed by atoms with Crippen LogP contribution < -0.4 is 0 Å². The van der Waals surface area contributed by atoms with E-state index in [9.17, 15) is 4.79 Å². The molecule has 0 bridgehead atoms. The molecule has 0 unspecified atom stereocenters. The summed E-state index contributed by atoms with van der Waals surface area (Å²) in [4.78, 5) is 19.8. The number of aromatic nitrogens is 3. The van der Waals surface area contributed by atoms with E-state index < -0.39 is 0 Å². The van der Waals surface area contributed by atoms with Gasteiger partial charge in [-0.1, -0.05) is 42.5 Å². The Bertz CT molecular complexity index is 1080. The second-order valence-electron chi connectivity index (χ2n) is 7.14. The quantitative estimate of drug-likeness (QED) is 0.553. The van der Waals surface area contributed by atoms with Crippen LogP contribution in [0.1, 0.15) is 34.3 Å². The zero-order chi connectivity index (χ0) is 18.9. The van der Waals surface area contributed by atoms with E-state index in [1.807, 2.05) is 53.4 Å². The second-order valence-corrected chi connectivity index (χ2v) is 8.21. The molecule has 1 saturated heterocycles. The number of thiazole rings is 1. The maximum Gasteiger partial charge on any atom is 0.271 e. The van der Waals surface area contributed by atoms with Crippen molar-refractivity contribution in [1.29, 1.82) is 0 Å². The Morgan fingerprint density at radius 1 is 1.11 bits per heavy atom. The molecule has 5 nitrogen and oxygen atoms in total. The third kappa shape index (κ3) is 3.20. The van der Waals surface area contributed by atoms with Gasteiger partial charge in [0.15, 0.2) is 0 Å². The molecule has 2 aromatic carbocycles. The van der Waals surface area contributed by atoms with Crippen LogP contribution in [0.4, 0.5) is 0 Å². The largest absolute Gasteiger partial charge is 0.337 e. The number of H-pyrrole nitrogens is 1. The first-order chi connectivity index (χ1) is 13.8. The van der Waals surface area contributed by atoms with E-state index in [1.165, 1.54) is 4.70 Å². The first-order valence-electron chi connectivity index (χ1n) is 9.53. The first-order valence-corrected chi connectivity index (χ1v) is 10.3. The molecule has 1 amide bonds. The molecule has 1 aliphatic rings. The number of nitrogens with zero attached hydrogens (tertiary/aromatic N) is 3. The van der Waals surface area contributed by atoms with Crippen molar-refractivity contribution in [2.24, 2.45) is 0 Å². The van der Waals surface area contributed by atoms with E-state index in [2.05, 4.69) is 22.3 Å². The van der Waals surface area contributed by atoms with E-state index in [0.717, 1.165) is 41.2 Å². The zero-order valence-corrected chi connectivity index (χ0v) is 16.2. The van der Waals surface area contributed by atoms with Gasteiger partial charge in [0.05, 0.1) is 20.9 Å². The van der Waals surface area contributed by atoms with Crippen molar-refractivity contribution in [2.45, 2.75) is 18.8 Å². The van der Waals surface area contributed by atoms with Crippen LogP contribution in [0.15, 0.2) is 60.7 Å². The molecule has 0 radical (unpaired) electrons. The van der Waals surface area contributed by atoms with Crippen LogP contribution in [0, 0.1) is 0 Å². The number of fused-ring (bicyclic) bond motifs is 1. The van der Waals surface area contributed by atoms with Crippen molar-refractivity contribution in [3.8, 4) is 11.3 Å². The van der Waals surface area contributed by atoms with Crippen molar-refractivity contribution in [3.05, 3.63) is 71.4 Å². The van der Waals surface area contributed by atoms with Crippen LogP contribution in [0.2, 0.25) is 0 Å². The van der Waals surface area contributed by atoms with E-state index >= 15 is 0 Å². The highest BCUT2D eigenvalue weighted by molar-refractivity contribution is 7.18. The summed E-state index contributed by atoms with van der Waals surface area (Å²) in [5, 5.41) is 8.38. The van der Waals surface area contributed by atoms with Gasteiger partial charge in [-0.2, -0.15) is 5.10 Å². The highest BCUT2D eigenvalue weighted by atomic mass is 32.1. The lowest BCUT2D eigenvalue weighted by Gasteiger charge is -2.31. The summed E-state index contributed by atoms with van der Waals surface area (Å²) in [7, 11) is 0. The SMILES string of the molecule is O=C(c1cc(-c2ccccc2)n[nH]1)N1CCC[C@H](c2nc3ccccc3s2)C1. The summed E-state index contributed by atoms with van der Waals surface area (Å²) in [6, 6.07) is 20.0. The highest BCUT2D eigenvalue weighted by Crippen LogP contribution is 2.33. The lowest BCUT2D eigenvalue weighted by Crippen LogP contribution is -2.39. The minimum absolute atomic E-state index is 0.0143. The molecule has 5 rings (SSSR count). The van der Waals surface area contributed by atoms with Crippen molar-refractivity contribution < 1.29 is 4.79 Å². The fourth-order valence-corrected chi connectivity index (χ4v) is 4.88. The van der Waals surface area contributed by atoms with E-state index in [0.29, 0.717) is 18.2 Å². The second kappa shape index (κ2) is 7.20. The van der Waals surface area contributed by atoms with Crippen molar-refractivity contribution in [2.75, 3.05) is 13.1 Å². The van der Waals surface area contributed by atoms with Crippen molar-refractivity contribution >= 4 is 27.5 Å². The van der Waals surface area contributed by atoms with Gasteiger partial charge >= 0.3 is 0 Å². The van der Waals surface area contributed by atoms with Gasteiger partial charge in [-0.05, 0) is 31.0 Å². The Balaban J connectivity index is 1.35. The molecule has 140 valence electrons. The molecule has 0 saturated carbocycles. The van der Waals surface area contributed by atoms with E-state index in [1.54, 1.807) is 11.3 Å². The molecule has 1 N–H and O–H groups in total. The molecule has 1 atom stereocenters. The molecule has 0 aliphatic carbocycles. The minimum atomic E-state index is 0.0143. The summed E-state index contributed by atoms with van der Waals surface area (Å²) >= 11 is 1.75. The standard InChI is InChI=1S/C22H20N4OS/c27-22(19-13-18(24-25-19)15-7-2-1-3-8-15)26-12-6-9-16(14-26)21-23-17-10-4-5-11-20(17)28-21/h1-5,7-8,10-11,13,16H,6,9,12,14H2,(H,24,25)/t16-/m0/s1. The fourth-order valence-electron chi connectivity index (χ4n) is 3.79. The van der Waals surface area contributed by atoms with E-state index in [4.69, 9.17) is 4.98 Å². The minimum Gasteiger partial charge on any atom is -0.337 e. The molecule has 2 aromatic heterocycles. The molecule has 3 heterocycles. The third-order valence-corrected chi connectivity index (χ3v) is 6.44. The summed E-state index contributed by atoms with van der Waals surface area (Å²) in [6.07, 6.45) is 2.06. The van der Waals surface area contributed by atoms with Crippen molar-refractivity contribution in [1.82, 2.24) is 20.1 Å². The maximum absolute atomic E-state index is 13.0. The average molecular weight is 388 g/mol. The fraction of sp³-hybridized carbons (Fsp3) is 0.227. The van der Waals surface area contributed by atoms with Crippen LogP contribution in [-0.4, -0.2) is 39.1 Å². The number of rotatable bonds is 3. The Morgan fingerprint density at radius 3 is 2.79 bits per heavy atom. The molecule has 0 spiro atoms. The van der Waals surface area contributed by atoms with Gasteiger partial charge in [-0.25, -0.2) is 4.98 Å². The van der Waals surface area contributed by atoms with Gasteiger partial charge in [-0.3, -0.25) is 9.89 Å². The summed E-state index contributed by atoms with van der Waals surface area (Å²) in [5.41, 5.74) is 3.39.